The van der Waals surface area contributed by atoms with Crippen molar-refractivity contribution in [3.05, 3.63) is 30.1 Å². The third-order valence-corrected chi connectivity index (χ3v) is 4.06. The van der Waals surface area contributed by atoms with E-state index in [0.717, 1.165) is 12.8 Å². The molecule has 26 heavy (non-hydrogen) atoms. The summed E-state index contributed by atoms with van der Waals surface area (Å²) in [5, 5.41) is 16.5. The van der Waals surface area contributed by atoms with E-state index < -0.39 is 17.8 Å². The summed E-state index contributed by atoms with van der Waals surface area (Å²) in [6.07, 6.45) is 1.56. The molecular weight excluding hydrogens is 343 g/mol. The van der Waals surface area contributed by atoms with E-state index in [1.54, 1.807) is 11.0 Å². The van der Waals surface area contributed by atoms with E-state index in [4.69, 9.17) is 5.11 Å². The number of amides is 4. The fourth-order valence-corrected chi connectivity index (χ4v) is 2.78. The summed E-state index contributed by atoms with van der Waals surface area (Å²) in [5.41, 5.74) is 0.366. The molecule has 0 radical (unpaired) electrons. The summed E-state index contributed by atoms with van der Waals surface area (Å²) in [7, 11) is 0. The molecule has 1 aliphatic rings. The number of carbonyl (C=O) groups is 3. The van der Waals surface area contributed by atoms with Gasteiger partial charge in [-0.3, -0.25) is 4.79 Å². The van der Waals surface area contributed by atoms with Gasteiger partial charge in [-0.2, -0.15) is 0 Å². The number of nitrogens with one attached hydrogen (secondary N) is 3. The van der Waals surface area contributed by atoms with Crippen LogP contribution in [-0.2, 0) is 4.79 Å². The molecule has 8 nitrogen and oxygen atoms in total. The highest BCUT2D eigenvalue weighted by molar-refractivity contribution is 5.89. The maximum Gasteiger partial charge on any atom is 0.319 e. The minimum atomic E-state index is -0.963. The van der Waals surface area contributed by atoms with E-state index in [2.05, 4.69) is 16.0 Å². The maximum absolute atomic E-state index is 13.1. The van der Waals surface area contributed by atoms with Crippen LogP contribution in [0.2, 0.25) is 0 Å². The molecule has 1 atom stereocenters. The molecule has 1 aromatic carbocycles. The molecule has 1 aliphatic heterocycles. The minimum Gasteiger partial charge on any atom is -0.481 e. The van der Waals surface area contributed by atoms with Gasteiger partial charge in [-0.25, -0.2) is 14.0 Å². The third kappa shape index (κ3) is 6.58. The van der Waals surface area contributed by atoms with Crippen LogP contribution in [0.15, 0.2) is 24.3 Å². The molecule has 1 fully saturated rings. The number of aliphatic carboxylic acids is 1. The number of nitrogens with zero attached hydrogens (tertiary/aromatic N) is 1. The fraction of sp³-hybridized carbons (Fsp3) is 0.471. The van der Waals surface area contributed by atoms with Crippen LogP contribution in [0.3, 0.4) is 0 Å². The molecule has 1 unspecified atom stereocenters. The van der Waals surface area contributed by atoms with Crippen molar-refractivity contribution in [2.24, 2.45) is 5.92 Å². The molecule has 4 amide bonds. The summed E-state index contributed by atoms with van der Waals surface area (Å²) < 4.78 is 13.1. The van der Waals surface area contributed by atoms with Crippen LogP contribution in [0.4, 0.5) is 19.7 Å². The second-order valence-corrected chi connectivity index (χ2v) is 6.18. The zero-order valence-electron chi connectivity index (χ0n) is 14.3. The lowest BCUT2D eigenvalue weighted by molar-refractivity contribution is -0.136. The smallest absolute Gasteiger partial charge is 0.319 e. The number of likely N-dealkylation sites (tertiary alicyclic amines) is 1. The summed E-state index contributed by atoms with van der Waals surface area (Å²) in [6, 6.07) is 4.89. The monoisotopic (exact) mass is 366 g/mol. The largest absolute Gasteiger partial charge is 0.481 e. The molecule has 1 aromatic rings. The number of hydrogen-bond acceptors (Lipinski definition) is 3. The predicted molar refractivity (Wildman–Crippen MR) is 93.4 cm³/mol. The Bertz CT molecular complexity index is 655. The molecule has 9 heteroatoms. The Morgan fingerprint density at radius 3 is 2.81 bits per heavy atom. The Kier molecular flexibility index (Phi) is 7.19. The van der Waals surface area contributed by atoms with Crippen LogP contribution in [0.5, 0.6) is 0 Å². The number of hydrogen-bond donors (Lipinski definition) is 4. The lowest BCUT2D eigenvalue weighted by atomic mass is 9.98. The van der Waals surface area contributed by atoms with Crippen LogP contribution in [-0.4, -0.2) is 54.2 Å². The lowest BCUT2D eigenvalue weighted by Gasteiger charge is -2.32. The van der Waals surface area contributed by atoms with Gasteiger partial charge in [-0.1, -0.05) is 6.07 Å². The second kappa shape index (κ2) is 9.59. The van der Waals surface area contributed by atoms with Crippen LogP contribution in [0.25, 0.3) is 0 Å². The summed E-state index contributed by atoms with van der Waals surface area (Å²) in [6.45, 7) is 1.56. The van der Waals surface area contributed by atoms with Crippen molar-refractivity contribution in [2.45, 2.75) is 19.3 Å². The first kappa shape index (κ1) is 19.5. The number of carboxylic acid groups (broad SMARTS) is 1. The average Bonchev–Trinajstić information content (AvgIpc) is 2.60. The van der Waals surface area contributed by atoms with E-state index in [0.29, 0.717) is 25.3 Å². The quantitative estimate of drug-likeness (QED) is 0.616. The van der Waals surface area contributed by atoms with E-state index >= 15 is 0 Å². The Morgan fingerprint density at radius 1 is 1.27 bits per heavy atom. The third-order valence-electron chi connectivity index (χ3n) is 4.06. The van der Waals surface area contributed by atoms with Crippen molar-refractivity contribution in [3.8, 4) is 0 Å². The predicted octanol–water partition coefficient (Wildman–Crippen LogP) is 1.84. The SMILES string of the molecule is O=C(O)CCNC(=O)N1CCCC(CNC(=O)Nc2cccc(F)c2)C1. The highest BCUT2D eigenvalue weighted by Crippen LogP contribution is 2.16. The molecule has 0 saturated carbocycles. The molecule has 1 saturated heterocycles. The van der Waals surface area contributed by atoms with Gasteiger partial charge < -0.3 is 26.0 Å². The molecule has 2 rings (SSSR count). The number of benzene rings is 1. The molecule has 142 valence electrons. The van der Waals surface area contributed by atoms with E-state index in [1.807, 2.05) is 0 Å². The van der Waals surface area contributed by atoms with Crippen molar-refractivity contribution in [3.63, 3.8) is 0 Å². The number of piperidine rings is 1. The van der Waals surface area contributed by atoms with Crippen molar-refractivity contribution in [1.29, 1.82) is 0 Å². The van der Waals surface area contributed by atoms with E-state index in [9.17, 15) is 18.8 Å². The van der Waals surface area contributed by atoms with Gasteiger partial charge >= 0.3 is 18.0 Å². The number of carboxylic acids is 1. The number of halogens is 1. The minimum absolute atomic E-state index is 0.0869. The highest BCUT2D eigenvalue weighted by atomic mass is 19.1. The van der Waals surface area contributed by atoms with Crippen LogP contribution in [0.1, 0.15) is 19.3 Å². The van der Waals surface area contributed by atoms with Gasteiger partial charge in [0.15, 0.2) is 0 Å². The van der Waals surface area contributed by atoms with Crippen LogP contribution in [0, 0.1) is 11.7 Å². The maximum atomic E-state index is 13.1. The second-order valence-electron chi connectivity index (χ2n) is 6.18. The zero-order chi connectivity index (χ0) is 18.9. The number of carbonyl (C=O) groups excluding carboxylic acids is 2. The fourth-order valence-electron chi connectivity index (χ4n) is 2.78. The Morgan fingerprint density at radius 2 is 2.08 bits per heavy atom. The number of urea groups is 2. The topological polar surface area (TPSA) is 111 Å². The van der Waals surface area contributed by atoms with Gasteiger partial charge in [0.2, 0.25) is 0 Å². The molecule has 0 aliphatic carbocycles. The first-order valence-corrected chi connectivity index (χ1v) is 8.49. The van der Waals surface area contributed by atoms with E-state index in [-0.39, 0.29) is 24.9 Å². The van der Waals surface area contributed by atoms with Crippen molar-refractivity contribution in [1.82, 2.24) is 15.5 Å². The first-order valence-electron chi connectivity index (χ1n) is 8.49. The van der Waals surface area contributed by atoms with Gasteiger partial charge in [0.25, 0.3) is 0 Å². The Labute approximate surface area is 150 Å². The summed E-state index contributed by atoms with van der Waals surface area (Å²) >= 11 is 0. The average molecular weight is 366 g/mol. The highest BCUT2D eigenvalue weighted by Gasteiger charge is 2.23. The van der Waals surface area contributed by atoms with Gasteiger partial charge in [0.05, 0.1) is 6.42 Å². The molecular formula is C17H23FN4O4. The van der Waals surface area contributed by atoms with Gasteiger partial charge in [0.1, 0.15) is 5.82 Å². The molecule has 1 heterocycles. The Hall–Kier alpha value is -2.84. The number of rotatable bonds is 6. The first-order chi connectivity index (χ1) is 12.4. The van der Waals surface area contributed by atoms with E-state index in [1.165, 1.54) is 18.2 Å². The molecule has 0 bridgehead atoms. The normalized spacial score (nSPS) is 16.7. The van der Waals surface area contributed by atoms with Crippen molar-refractivity contribution < 1.29 is 23.9 Å². The van der Waals surface area contributed by atoms with Gasteiger partial charge in [0, 0.05) is 31.9 Å². The van der Waals surface area contributed by atoms with Gasteiger partial charge in [-0.05, 0) is 37.0 Å². The Balaban J connectivity index is 1.72. The van der Waals surface area contributed by atoms with Crippen LogP contribution < -0.4 is 16.0 Å². The zero-order valence-corrected chi connectivity index (χ0v) is 14.3. The van der Waals surface area contributed by atoms with Crippen LogP contribution >= 0.6 is 0 Å². The van der Waals surface area contributed by atoms with Gasteiger partial charge in [-0.15, -0.1) is 0 Å². The molecule has 0 spiro atoms. The van der Waals surface area contributed by atoms with Crippen molar-refractivity contribution >= 4 is 23.7 Å². The number of anilines is 1. The summed E-state index contributed by atoms with van der Waals surface area (Å²) in [4.78, 5) is 36.0. The van der Waals surface area contributed by atoms with Crippen molar-refractivity contribution in [2.75, 3.05) is 31.5 Å². The molecule has 0 aromatic heterocycles. The standard InChI is InChI=1S/C17H23FN4O4/c18-13-4-1-5-14(9-13)21-16(25)20-10-12-3-2-8-22(11-12)17(26)19-7-6-15(23)24/h1,4-5,9,12H,2-3,6-8,10-11H2,(H,19,26)(H,23,24)(H2,20,21,25). The summed E-state index contributed by atoms with van der Waals surface area (Å²) in [5.74, 6) is -1.29. The lowest BCUT2D eigenvalue weighted by Crippen LogP contribution is -2.48. The molecule has 4 N–H and O–H groups in total.